The van der Waals surface area contributed by atoms with Crippen LogP contribution < -0.4 is 10.2 Å². The fourth-order valence-corrected chi connectivity index (χ4v) is 3.07. The number of nitrogens with one attached hydrogen (secondary N) is 1. The summed E-state index contributed by atoms with van der Waals surface area (Å²) in [6.45, 7) is 4.35. The molecule has 2 aromatic rings. The maximum atomic E-state index is 6.20. The van der Waals surface area contributed by atoms with Crippen molar-refractivity contribution in [2.75, 3.05) is 23.3 Å². The molecular formula is C16H18Cl2N4. The summed E-state index contributed by atoms with van der Waals surface area (Å²) in [6, 6.07) is 7.44. The average molecular weight is 337 g/mol. The maximum absolute atomic E-state index is 6.20. The van der Waals surface area contributed by atoms with E-state index in [1.165, 1.54) is 12.8 Å². The second kappa shape index (κ2) is 6.71. The quantitative estimate of drug-likeness (QED) is 0.876. The summed E-state index contributed by atoms with van der Waals surface area (Å²) >= 11 is 12.2. The van der Waals surface area contributed by atoms with Gasteiger partial charge in [-0.3, -0.25) is 0 Å². The van der Waals surface area contributed by atoms with Gasteiger partial charge in [-0.1, -0.05) is 36.2 Å². The lowest BCUT2D eigenvalue weighted by Crippen LogP contribution is -2.34. The van der Waals surface area contributed by atoms with Gasteiger partial charge in [0.05, 0.1) is 15.7 Å². The first-order chi connectivity index (χ1) is 10.6. The normalized spacial score (nSPS) is 18.3. The number of anilines is 3. The molecule has 0 spiro atoms. The molecule has 0 bridgehead atoms. The standard InChI is InChI=1S/C16H18Cl2N4/c1-11-4-3-7-22(9-11)15-8-14(19-10-20-15)21-13-6-2-5-12(17)16(13)18/h2,5-6,8,10-11H,3-4,7,9H2,1H3,(H,19,20,21). The predicted octanol–water partition coefficient (Wildman–Crippen LogP) is 4.76. The highest BCUT2D eigenvalue weighted by Gasteiger charge is 2.18. The van der Waals surface area contributed by atoms with Gasteiger partial charge in [-0.2, -0.15) is 0 Å². The third-order valence-electron chi connectivity index (χ3n) is 3.85. The summed E-state index contributed by atoms with van der Waals surface area (Å²) in [5.74, 6) is 2.36. The van der Waals surface area contributed by atoms with E-state index in [2.05, 4.69) is 27.1 Å². The van der Waals surface area contributed by atoms with Gasteiger partial charge in [0.15, 0.2) is 0 Å². The molecule has 2 heterocycles. The summed E-state index contributed by atoms with van der Waals surface area (Å²) in [5, 5.41) is 4.23. The molecule has 0 saturated carbocycles. The molecule has 6 heteroatoms. The van der Waals surface area contributed by atoms with Crippen molar-refractivity contribution >= 4 is 40.5 Å². The Bertz CT molecular complexity index is 662. The molecule has 1 aliphatic rings. The Morgan fingerprint density at radius 2 is 2.14 bits per heavy atom. The van der Waals surface area contributed by atoms with Crippen molar-refractivity contribution in [2.45, 2.75) is 19.8 Å². The number of aromatic nitrogens is 2. The van der Waals surface area contributed by atoms with Gasteiger partial charge in [-0.25, -0.2) is 9.97 Å². The van der Waals surface area contributed by atoms with Gasteiger partial charge in [0, 0.05) is 19.2 Å². The topological polar surface area (TPSA) is 41.0 Å². The van der Waals surface area contributed by atoms with Crippen molar-refractivity contribution in [3.05, 3.63) is 40.6 Å². The van der Waals surface area contributed by atoms with Crippen LogP contribution >= 0.6 is 23.2 Å². The van der Waals surface area contributed by atoms with Gasteiger partial charge in [0.1, 0.15) is 18.0 Å². The molecule has 0 amide bonds. The van der Waals surface area contributed by atoms with Crippen LogP contribution in [0.2, 0.25) is 10.0 Å². The van der Waals surface area contributed by atoms with E-state index in [9.17, 15) is 0 Å². The van der Waals surface area contributed by atoms with E-state index in [0.29, 0.717) is 21.8 Å². The van der Waals surface area contributed by atoms with E-state index in [1.807, 2.05) is 18.2 Å². The second-order valence-electron chi connectivity index (χ2n) is 5.68. The summed E-state index contributed by atoms with van der Waals surface area (Å²) in [4.78, 5) is 11.0. The van der Waals surface area contributed by atoms with Crippen molar-refractivity contribution in [1.29, 1.82) is 0 Å². The largest absolute Gasteiger partial charge is 0.356 e. The first-order valence-electron chi connectivity index (χ1n) is 7.41. The molecule has 1 unspecified atom stereocenters. The molecule has 1 aromatic carbocycles. The monoisotopic (exact) mass is 336 g/mol. The Kier molecular flexibility index (Phi) is 4.69. The van der Waals surface area contributed by atoms with E-state index in [-0.39, 0.29) is 0 Å². The zero-order valence-electron chi connectivity index (χ0n) is 12.4. The van der Waals surface area contributed by atoms with Crippen LogP contribution in [-0.2, 0) is 0 Å². The first kappa shape index (κ1) is 15.4. The molecule has 0 aliphatic carbocycles. The van der Waals surface area contributed by atoms with Crippen molar-refractivity contribution in [2.24, 2.45) is 5.92 Å². The molecule has 0 radical (unpaired) electrons. The number of hydrogen-bond donors (Lipinski definition) is 1. The van der Waals surface area contributed by atoms with Crippen LogP contribution in [0.4, 0.5) is 17.3 Å². The zero-order valence-corrected chi connectivity index (χ0v) is 13.9. The van der Waals surface area contributed by atoms with Crippen molar-refractivity contribution in [1.82, 2.24) is 9.97 Å². The Balaban J connectivity index is 1.80. The highest BCUT2D eigenvalue weighted by atomic mass is 35.5. The second-order valence-corrected chi connectivity index (χ2v) is 6.47. The SMILES string of the molecule is CC1CCCN(c2cc(Nc3cccc(Cl)c3Cl)ncn2)C1. The summed E-state index contributed by atoms with van der Waals surface area (Å²) in [6.07, 6.45) is 4.06. The highest BCUT2D eigenvalue weighted by Crippen LogP contribution is 2.32. The third kappa shape index (κ3) is 3.45. The lowest BCUT2D eigenvalue weighted by molar-refractivity contribution is 0.444. The maximum Gasteiger partial charge on any atom is 0.135 e. The lowest BCUT2D eigenvalue weighted by atomic mass is 10.0. The zero-order chi connectivity index (χ0) is 15.5. The molecule has 1 fully saturated rings. The molecule has 1 aliphatic heterocycles. The summed E-state index contributed by atoms with van der Waals surface area (Å²) in [7, 11) is 0. The Labute approximate surface area is 140 Å². The van der Waals surface area contributed by atoms with E-state index >= 15 is 0 Å². The summed E-state index contributed by atoms with van der Waals surface area (Å²) in [5.41, 5.74) is 0.742. The van der Waals surface area contributed by atoms with Crippen LogP contribution in [0.3, 0.4) is 0 Å². The van der Waals surface area contributed by atoms with Crippen LogP contribution in [-0.4, -0.2) is 23.1 Å². The molecule has 116 valence electrons. The molecular weight excluding hydrogens is 319 g/mol. The van der Waals surface area contributed by atoms with Gasteiger partial charge in [-0.15, -0.1) is 0 Å². The highest BCUT2D eigenvalue weighted by molar-refractivity contribution is 6.43. The molecule has 3 rings (SSSR count). The van der Waals surface area contributed by atoms with Gasteiger partial charge < -0.3 is 10.2 Å². The van der Waals surface area contributed by atoms with Gasteiger partial charge >= 0.3 is 0 Å². The van der Waals surface area contributed by atoms with Crippen LogP contribution in [0.25, 0.3) is 0 Å². The van der Waals surface area contributed by atoms with Crippen molar-refractivity contribution < 1.29 is 0 Å². The number of halogens is 2. The molecule has 4 nitrogen and oxygen atoms in total. The summed E-state index contributed by atoms with van der Waals surface area (Å²) < 4.78 is 0. The predicted molar refractivity (Wildman–Crippen MR) is 92.4 cm³/mol. The Morgan fingerprint density at radius 1 is 1.27 bits per heavy atom. The van der Waals surface area contributed by atoms with E-state index < -0.39 is 0 Å². The number of hydrogen-bond acceptors (Lipinski definition) is 4. The molecule has 1 atom stereocenters. The fraction of sp³-hybridized carbons (Fsp3) is 0.375. The number of nitrogens with zero attached hydrogens (tertiary/aromatic N) is 3. The van der Waals surface area contributed by atoms with Crippen LogP contribution in [0.1, 0.15) is 19.8 Å². The first-order valence-corrected chi connectivity index (χ1v) is 8.17. The van der Waals surface area contributed by atoms with Crippen molar-refractivity contribution in [3.8, 4) is 0 Å². The van der Waals surface area contributed by atoms with E-state index in [1.54, 1.807) is 12.4 Å². The Morgan fingerprint density at radius 3 is 2.95 bits per heavy atom. The molecule has 22 heavy (non-hydrogen) atoms. The minimum absolute atomic E-state index is 0.496. The number of piperidine rings is 1. The van der Waals surface area contributed by atoms with E-state index in [4.69, 9.17) is 23.2 Å². The molecule has 1 aromatic heterocycles. The van der Waals surface area contributed by atoms with E-state index in [0.717, 1.165) is 24.6 Å². The smallest absolute Gasteiger partial charge is 0.135 e. The number of rotatable bonds is 3. The minimum Gasteiger partial charge on any atom is -0.356 e. The van der Waals surface area contributed by atoms with Crippen LogP contribution in [0.15, 0.2) is 30.6 Å². The van der Waals surface area contributed by atoms with Crippen LogP contribution in [0.5, 0.6) is 0 Å². The molecule has 1 saturated heterocycles. The number of benzene rings is 1. The molecule has 1 N–H and O–H groups in total. The van der Waals surface area contributed by atoms with Crippen molar-refractivity contribution in [3.63, 3.8) is 0 Å². The van der Waals surface area contributed by atoms with Gasteiger partial charge in [-0.05, 0) is 30.9 Å². The van der Waals surface area contributed by atoms with Crippen LogP contribution in [0, 0.1) is 5.92 Å². The van der Waals surface area contributed by atoms with Gasteiger partial charge in [0.25, 0.3) is 0 Å². The lowest BCUT2D eigenvalue weighted by Gasteiger charge is -2.31. The Hall–Kier alpha value is -1.52. The average Bonchev–Trinajstić information content (AvgIpc) is 2.52. The third-order valence-corrected chi connectivity index (χ3v) is 4.67. The van der Waals surface area contributed by atoms with Gasteiger partial charge in [0.2, 0.25) is 0 Å². The fourth-order valence-electron chi connectivity index (χ4n) is 2.72. The minimum atomic E-state index is 0.496.